The number of anilines is 1. The van der Waals surface area contributed by atoms with Crippen molar-refractivity contribution in [2.75, 3.05) is 11.4 Å². The molecule has 8 heteroatoms. The zero-order valence-electron chi connectivity index (χ0n) is 15.2. The molecule has 2 atom stereocenters. The first kappa shape index (κ1) is 16.8. The van der Waals surface area contributed by atoms with Crippen molar-refractivity contribution in [2.45, 2.75) is 19.8 Å². The van der Waals surface area contributed by atoms with Crippen LogP contribution in [-0.2, 0) is 4.79 Å². The van der Waals surface area contributed by atoms with Gasteiger partial charge < -0.3 is 0 Å². The standard InChI is InChI=1S/C20H17FN6O/c1-12-9-26(19(28)20(12,11-22)14-2-3-14)18-17-4-5-24-27(17)10-16(25-18)13-6-15(21)8-23-7-13/h4-8,10,12,14H,2-3,9H2,1H3/t12-,20+/m1/s1. The summed E-state index contributed by atoms with van der Waals surface area (Å²) in [5, 5.41) is 14.2. The van der Waals surface area contributed by atoms with Crippen LogP contribution in [0, 0.1) is 34.4 Å². The highest BCUT2D eigenvalue weighted by molar-refractivity contribution is 6.04. The zero-order valence-corrected chi connectivity index (χ0v) is 15.2. The Morgan fingerprint density at radius 1 is 1.36 bits per heavy atom. The molecule has 2 aliphatic rings. The van der Waals surface area contributed by atoms with Crippen molar-refractivity contribution >= 4 is 17.2 Å². The maximum atomic E-state index is 13.7. The summed E-state index contributed by atoms with van der Waals surface area (Å²) in [6.07, 6.45) is 7.75. The number of rotatable bonds is 3. The second kappa shape index (κ2) is 5.83. The van der Waals surface area contributed by atoms with E-state index in [2.05, 4.69) is 21.1 Å². The van der Waals surface area contributed by atoms with Crippen LogP contribution in [0.25, 0.3) is 16.8 Å². The number of nitriles is 1. The molecule has 2 fully saturated rings. The molecule has 0 bridgehead atoms. The number of pyridine rings is 1. The summed E-state index contributed by atoms with van der Waals surface area (Å²) in [6, 6.07) is 5.45. The average Bonchev–Trinajstić information content (AvgIpc) is 3.36. The molecule has 0 radical (unpaired) electrons. The highest BCUT2D eigenvalue weighted by atomic mass is 19.1. The van der Waals surface area contributed by atoms with Gasteiger partial charge in [0.15, 0.2) is 5.82 Å². The van der Waals surface area contributed by atoms with E-state index in [4.69, 9.17) is 0 Å². The minimum absolute atomic E-state index is 0.0956. The van der Waals surface area contributed by atoms with Crippen LogP contribution in [-0.4, -0.2) is 32.0 Å². The lowest BCUT2D eigenvalue weighted by atomic mass is 9.75. The summed E-state index contributed by atoms with van der Waals surface area (Å²) >= 11 is 0. The molecule has 0 spiro atoms. The molecule has 1 saturated carbocycles. The average molecular weight is 376 g/mol. The fourth-order valence-electron chi connectivity index (χ4n) is 4.28. The van der Waals surface area contributed by atoms with Gasteiger partial charge in [-0.15, -0.1) is 0 Å². The number of hydrogen-bond acceptors (Lipinski definition) is 5. The van der Waals surface area contributed by atoms with Crippen molar-refractivity contribution in [1.29, 1.82) is 5.26 Å². The SMILES string of the molecule is C[C@@H]1CN(c2nc(-c3cncc(F)c3)cn3nccc23)C(=O)[C@]1(C#N)C1CC1. The second-order valence-electron chi connectivity index (χ2n) is 7.57. The maximum absolute atomic E-state index is 13.7. The van der Waals surface area contributed by atoms with Crippen LogP contribution >= 0.6 is 0 Å². The molecule has 5 rings (SSSR count). The maximum Gasteiger partial charge on any atom is 0.249 e. The number of nitrogens with zero attached hydrogens (tertiary/aromatic N) is 6. The van der Waals surface area contributed by atoms with Crippen molar-refractivity contribution < 1.29 is 9.18 Å². The van der Waals surface area contributed by atoms with Crippen LogP contribution in [0.3, 0.4) is 0 Å². The molecule has 3 aromatic rings. The van der Waals surface area contributed by atoms with E-state index in [-0.39, 0.29) is 17.7 Å². The summed E-state index contributed by atoms with van der Waals surface area (Å²) in [6.45, 7) is 2.37. The summed E-state index contributed by atoms with van der Waals surface area (Å²) in [4.78, 5) is 23.5. The van der Waals surface area contributed by atoms with Gasteiger partial charge in [0.25, 0.3) is 0 Å². The van der Waals surface area contributed by atoms with Crippen LogP contribution in [0.2, 0.25) is 0 Å². The first-order chi connectivity index (χ1) is 13.5. The third-order valence-corrected chi connectivity index (χ3v) is 5.87. The zero-order chi connectivity index (χ0) is 19.5. The van der Waals surface area contributed by atoms with Crippen LogP contribution in [0.4, 0.5) is 10.2 Å². The first-order valence-corrected chi connectivity index (χ1v) is 9.23. The van der Waals surface area contributed by atoms with Crippen molar-refractivity contribution in [3.63, 3.8) is 0 Å². The van der Waals surface area contributed by atoms with Gasteiger partial charge >= 0.3 is 0 Å². The second-order valence-corrected chi connectivity index (χ2v) is 7.57. The van der Waals surface area contributed by atoms with Crippen molar-refractivity contribution in [1.82, 2.24) is 19.6 Å². The first-order valence-electron chi connectivity index (χ1n) is 9.23. The molecule has 0 N–H and O–H groups in total. The third-order valence-electron chi connectivity index (χ3n) is 5.87. The number of amides is 1. The summed E-state index contributed by atoms with van der Waals surface area (Å²) < 4.78 is 15.3. The van der Waals surface area contributed by atoms with E-state index >= 15 is 0 Å². The molecule has 4 heterocycles. The highest BCUT2D eigenvalue weighted by Crippen LogP contribution is 2.54. The molecule has 7 nitrogen and oxygen atoms in total. The molecule has 0 unspecified atom stereocenters. The molecule has 3 aromatic heterocycles. The fourth-order valence-corrected chi connectivity index (χ4v) is 4.28. The fraction of sp³-hybridized carbons (Fsp3) is 0.350. The molecule has 1 saturated heterocycles. The van der Waals surface area contributed by atoms with Crippen molar-refractivity contribution in [3.8, 4) is 17.3 Å². The van der Waals surface area contributed by atoms with Gasteiger partial charge in [-0.1, -0.05) is 6.92 Å². The van der Waals surface area contributed by atoms with E-state index in [9.17, 15) is 14.4 Å². The number of carbonyl (C=O) groups is 1. The van der Waals surface area contributed by atoms with Crippen LogP contribution in [0.5, 0.6) is 0 Å². The number of aromatic nitrogens is 4. The Bertz CT molecular complexity index is 1150. The van der Waals surface area contributed by atoms with Crippen molar-refractivity contribution in [3.05, 3.63) is 42.7 Å². The number of carbonyl (C=O) groups excluding carboxylic acids is 1. The summed E-state index contributed by atoms with van der Waals surface area (Å²) in [5.74, 6) is -0.211. The van der Waals surface area contributed by atoms with Crippen molar-refractivity contribution in [2.24, 2.45) is 17.3 Å². The number of hydrogen-bond donors (Lipinski definition) is 0. The van der Waals surface area contributed by atoms with Gasteiger partial charge in [-0.3, -0.25) is 14.7 Å². The predicted octanol–water partition coefficient (Wildman–Crippen LogP) is 2.83. The lowest BCUT2D eigenvalue weighted by molar-refractivity contribution is -0.124. The smallest absolute Gasteiger partial charge is 0.249 e. The summed E-state index contributed by atoms with van der Waals surface area (Å²) in [7, 11) is 0. The van der Waals surface area contributed by atoms with Crippen LogP contribution < -0.4 is 4.90 Å². The Hall–Kier alpha value is -3.34. The molecular weight excluding hydrogens is 359 g/mol. The Balaban J connectivity index is 1.66. The number of fused-ring (bicyclic) bond motifs is 1. The molecule has 1 amide bonds. The summed E-state index contributed by atoms with van der Waals surface area (Å²) in [5.41, 5.74) is 0.625. The molecule has 1 aliphatic heterocycles. The third kappa shape index (κ3) is 2.26. The minimum Gasteiger partial charge on any atom is -0.293 e. The normalized spacial score (nSPS) is 24.7. The van der Waals surface area contributed by atoms with Gasteiger partial charge in [-0.25, -0.2) is 13.9 Å². The van der Waals surface area contributed by atoms with E-state index in [0.717, 1.165) is 19.0 Å². The van der Waals surface area contributed by atoms with Gasteiger partial charge in [0.05, 0.1) is 30.4 Å². The number of halogens is 1. The molecule has 1 aliphatic carbocycles. The van der Waals surface area contributed by atoms with Crippen LogP contribution in [0.1, 0.15) is 19.8 Å². The lowest BCUT2D eigenvalue weighted by Gasteiger charge is -2.23. The van der Waals surface area contributed by atoms with Gasteiger partial charge in [0.2, 0.25) is 5.91 Å². The lowest BCUT2D eigenvalue weighted by Crippen LogP contribution is -2.37. The van der Waals surface area contributed by atoms with Gasteiger partial charge in [-0.2, -0.15) is 10.4 Å². The monoisotopic (exact) mass is 376 g/mol. The molecule has 28 heavy (non-hydrogen) atoms. The van der Waals surface area contributed by atoms with E-state index in [1.807, 2.05) is 6.92 Å². The van der Waals surface area contributed by atoms with E-state index in [1.165, 1.54) is 12.3 Å². The Labute approximate surface area is 160 Å². The quantitative estimate of drug-likeness (QED) is 0.701. The predicted molar refractivity (Wildman–Crippen MR) is 98.5 cm³/mol. The minimum atomic E-state index is -0.991. The molecule has 140 valence electrons. The topological polar surface area (TPSA) is 87.2 Å². The highest BCUT2D eigenvalue weighted by Gasteiger charge is 2.61. The molecule has 0 aromatic carbocycles. The largest absolute Gasteiger partial charge is 0.293 e. The Morgan fingerprint density at radius 3 is 2.89 bits per heavy atom. The van der Waals surface area contributed by atoms with Gasteiger partial charge in [0.1, 0.15) is 16.7 Å². The van der Waals surface area contributed by atoms with Crippen LogP contribution in [0.15, 0.2) is 36.9 Å². The van der Waals surface area contributed by atoms with Gasteiger partial charge in [-0.05, 0) is 30.9 Å². The Morgan fingerprint density at radius 2 is 2.18 bits per heavy atom. The Kier molecular flexibility index (Phi) is 3.50. The van der Waals surface area contributed by atoms with Gasteiger partial charge in [0, 0.05) is 24.2 Å². The van der Waals surface area contributed by atoms with E-state index in [0.29, 0.717) is 29.1 Å². The van der Waals surface area contributed by atoms with E-state index in [1.54, 1.807) is 27.9 Å². The molecular formula is C20H17FN6O. The van der Waals surface area contributed by atoms with E-state index < -0.39 is 11.2 Å².